The van der Waals surface area contributed by atoms with Crippen molar-refractivity contribution in [1.29, 1.82) is 0 Å². The van der Waals surface area contributed by atoms with Crippen LogP contribution in [0.1, 0.15) is 13.3 Å². The summed E-state index contributed by atoms with van der Waals surface area (Å²) < 4.78 is 11.1. The Labute approximate surface area is 126 Å². The van der Waals surface area contributed by atoms with E-state index in [-0.39, 0.29) is 18.1 Å². The van der Waals surface area contributed by atoms with Crippen LogP contribution in [0.2, 0.25) is 0 Å². The largest absolute Gasteiger partial charge is 0.495 e. The number of hydrogen-bond donors (Lipinski definition) is 1. The first-order valence-electron chi connectivity index (χ1n) is 6.87. The van der Waals surface area contributed by atoms with Gasteiger partial charge in [0.15, 0.2) is 0 Å². The number of amides is 1. The number of anilines is 1. The molecule has 5 nitrogen and oxygen atoms in total. The van der Waals surface area contributed by atoms with Gasteiger partial charge in [-0.3, -0.25) is 9.59 Å². The molecule has 3 rings (SSSR count). The molecule has 0 aliphatic heterocycles. The molecule has 22 heavy (non-hydrogen) atoms. The Morgan fingerprint density at radius 2 is 1.91 bits per heavy atom. The number of nitrogens with one attached hydrogen (secondary N) is 1. The Kier molecular flexibility index (Phi) is 3.55. The van der Waals surface area contributed by atoms with Crippen molar-refractivity contribution in [2.75, 3.05) is 12.4 Å². The van der Waals surface area contributed by atoms with Crippen molar-refractivity contribution in [3.05, 3.63) is 36.4 Å². The molecule has 1 aromatic heterocycles. The Bertz CT molecular complexity index is 879. The van der Waals surface area contributed by atoms with Gasteiger partial charge >= 0.3 is 0 Å². The smallest absolute Gasteiger partial charge is 0.231 e. The third kappa shape index (κ3) is 2.53. The molecule has 1 N–H and O–H groups in total. The van der Waals surface area contributed by atoms with E-state index in [9.17, 15) is 9.59 Å². The molecule has 0 saturated heterocycles. The molecule has 5 heteroatoms. The molecule has 1 heterocycles. The highest BCUT2D eigenvalue weighted by molar-refractivity contribution is 6.09. The molecule has 0 radical (unpaired) electrons. The van der Waals surface area contributed by atoms with E-state index < -0.39 is 0 Å². The van der Waals surface area contributed by atoms with E-state index in [2.05, 4.69) is 5.32 Å². The van der Waals surface area contributed by atoms with Crippen LogP contribution < -0.4 is 10.1 Å². The van der Waals surface area contributed by atoms with E-state index in [0.29, 0.717) is 17.0 Å². The van der Waals surface area contributed by atoms with Gasteiger partial charge in [-0.2, -0.15) is 0 Å². The molecule has 112 valence electrons. The first-order valence-corrected chi connectivity index (χ1v) is 6.87. The van der Waals surface area contributed by atoms with Gasteiger partial charge in [-0.1, -0.05) is 18.2 Å². The standard InChI is InChI=1S/C17H15NO4/c1-10(19)7-17(20)18-13-9-15-12(8-16(13)21-2)11-5-3-4-6-14(11)22-15/h3-6,8-9H,7H2,1-2H3,(H,18,20). The summed E-state index contributed by atoms with van der Waals surface area (Å²) in [5, 5.41) is 4.58. The molecule has 0 unspecified atom stereocenters. The van der Waals surface area contributed by atoms with Crippen LogP contribution in [0, 0.1) is 0 Å². The number of rotatable bonds is 4. The first kappa shape index (κ1) is 14.1. The summed E-state index contributed by atoms with van der Waals surface area (Å²) >= 11 is 0. The quantitative estimate of drug-likeness (QED) is 0.748. The fraction of sp³-hybridized carbons (Fsp3) is 0.176. The number of benzene rings is 2. The lowest BCUT2D eigenvalue weighted by Crippen LogP contribution is -2.15. The molecule has 3 aromatic rings. The summed E-state index contributed by atoms with van der Waals surface area (Å²) in [6, 6.07) is 11.2. The van der Waals surface area contributed by atoms with Crippen LogP contribution in [-0.2, 0) is 9.59 Å². The number of para-hydroxylation sites is 1. The van der Waals surface area contributed by atoms with Gasteiger partial charge < -0.3 is 14.5 Å². The summed E-state index contributed by atoms with van der Waals surface area (Å²) in [4.78, 5) is 22.8. The zero-order chi connectivity index (χ0) is 15.7. The van der Waals surface area contributed by atoms with E-state index in [4.69, 9.17) is 9.15 Å². The second-order valence-corrected chi connectivity index (χ2v) is 5.07. The van der Waals surface area contributed by atoms with E-state index in [1.54, 1.807) is 6.07 Å². The Hall–Kier alpha value is -2.82. The molecule has 0 aliphatic carbocycles. The number of carbonyl (C=O) groups excluding carboxylic acids is 2. The second-order valence-electron chi connectivity index (χ2n) is 5.07. The molecule has 0 spiro atoms. The van der Waals surface area contributed by atoms with Crippen LogP contribution in [0.3, 0.4) is 0 Å². The van der Waals surface area contributed by atoms with Crippen molar-refractivity contribution in [3.63, 3.8) is 0 Å². The van der Waals surface area contributed by atoms with Crippen LogP contribution in [0.4, 0.5) is 5.69 Å². The molecule has 0 atom stereocenters. The molecule has 0 bridgehead atoms. The number of Topliss-reactive ketones (excluding diaryl/α,β-unsaturated/α-hetero) is 1. The fourth-order valence-corrected chi connectivity index (χ4v) is 2.44. The lowest BCUT2D eigenvalue weighted by atomic mass is 10.1. The fourth-order valence-electron chi connectivity index (χ4n) is 2.44. The maximum Gasteiger partial charge on any atom is 0.231 e. The van der Waals surface area contributed by atoms with Gasteiger partial charge in [0.25, 0.3) is 0 Å². The average molecular weight is 297 g/mol. The highest BCUT2D eigenvalue weighted by Gasteiger charge is 2.14. The van der Waals surface area contributed by atoms with Crippen molar-refractivity contribution >= 4 is 39.3 Å². The molecule has 0 saturated carbocycles. The van der Waals surface area contributed by atoms with Crippen molar-refractivity contribution < 1.29 is 18.7 Å². The highest BCUT2D eigenvalue weighted by Crippen LogP contribution is 2.36. The van der Waals surface area contributed by atoms with Crippen LogP contribution in [0.15, 0.2) is 40.8 Å². The van der Waals surface area contributed by atoms with Crippen LogP contribution in [0.25, 0.3) is 21.9 Å². The number of ketones is 1. The van der Waals surface area contributed by atoms with Crippen LogP contribution >= 0.6 is 0 Å². The topological polar surface area (TPSA) is 68.5 Å². The minimum atomic E-state index is -0.374. The highest BCUT2D eigenvalue weighted by atomic mass is 16.5. The van der Waals surface area contributed by atoms with Gasteiger partial charge in [0.2, 0.25) is 5.91 Å². The molecule has 0 fully saturated rings. The molecule has 0 aliphatic rings. The third-order valence-corrected chi connectivity index (χ3v) is 3.38. The number of carbonyl (C=O) groups is 2. The maximum absolute atomic E-state index is 11.8. The zero-order valence-corrected chi connectivity index (χ0v) is 12.3. The van der Waals surface area contributed by atoms with Crippen molar-refractivity contribution in [2.24, 2.45) is 0 Å². The van der Waals surface area contributed by atoms with Gasteiger partial charge in [0, 0.05) is 16.8 Å². The van der Waals surface area contributed by atoms with Gasteiger partial charge in [0.1, 0.15) is 22.7 Å². The summed E-state index contributed by atoms with van der Waals surface area (Å²) in [5.74, 6) is -0.0431. The van der Waals surface area contributed by atoms with Gasteiger partial charge in [-0.25, -0.2) is 0 Å². The predicted octanol–water partition coefficient (Wildman–Crippen LogP) is 3.51. The Balaban J connectivity index is 2.08. The summed E-state index contributed by atoms with van der Waals surface area (Å²) in [5.41, 5.74) is 1.91. The number of methoxy groups -OCH3 is 1. The summed E-state index contributed by atoms with van der Waals surface area (Å²) in [7, 11) is 1.53. The lowest BCUT2D eigenvalue weighted by molar-refractivity contribution is -0.124. The van der Waals surface area contributed by atoms with Crippen LogP contribution in [-0.4, -0.2) is 18.8 Å². The third-order valence-electron chi connectivity index (χ3n) is 3.38. The summed E-state index contributed by atoms with van der Waals surface area (Å²) in [6.45, 7) is 1.37. The minimum absolute atomic E-state index is 0.165. The predicted molar refractivity (Wildman–Crippen MR) is 84.2 cm³/mol. The van der Waals surface area contributed by atoms with E-state index in [1.807, 2.05) is 30.3 Å². The maximum atomic E-state index is 11.8. The van der Waals surface area contributed by atoms with Gasteiger partial charge in [-0.05, 0) is 19.1 Å². The van der Waals surface area contributed by atoms with Crippen molar-refractivity contribution in [1.82, 2.24) is 0 Å². The van der Waals surface area contributed by atoms with Gasteiger partial charge in [0.05, 0.1) is 19.2 Å². The number of furan rings is 1. The van der Waals surface area contributed by atoms with E-state index in [1.165, 1.54) is 14.0 Å². The lowest BCUT2D eigenvalue weighted by Gasteiger charge is -2.09. The molecular weight excluding hydrogens is 282 g/mol. The average Bonchev–Trinajstić information content (AvgIpc) is 2.82. The van der Waals surface area contributed by atoms with Crippen molar-refractivity contribution in [3.8, 4) is 5.75 Å². The SMILES string of the molecule is COc1cc2c(cc1NC(=O)CC(C)=O)oc1ccccc12. The normalized spacial score (nSPS) is 10.8. The first-order chi connectivity index (χ1) is 10.6. The van der Waals surface area contributed by atoms with Crippen LogP contribution in [0.5, 0.6) is 5.75 Å². The number of ether oxygens (including phenoxy) is 1. The molecular formula is C17H15NO4. The molecule has 2 aromatic carbocycles. The number of hydrogen-bond acceptors (Lipinski definition) is 4. The second kappa shape index (κ2) is 5.52. The van der Waals surface area contributed by atoms with E-state index in [0.717, 1.165) is 16.4 Å². The molecule has 1 amide bonds. The van der Waals surface area contributed by atoms with Gasteiger partial charge in [-0.15, -0.1) is 0 Å². The van der Waals surface area contributed by atoms with E-state index >= 15 is 0 Å². The number of fused-ring (bicyclic) bond motifs is 3. The Morgan fingerprint density at radius 3 is 2.64 bits per heavy atom. The monoisotopic (exact) mass is 297 g/mol. The Morgan fingerprint density at radius 1 is 1.14 bits per heavy atom. The van der Waals surface area contributed by atoms with Crippen molar-refractivity contribution in [2.45, 2.75) is 13.3 Å². The summed E-state index contributed by atoms with van der Waals surface area (Å²) in [6.07, 6.45) is -0.165. The minimum Gasteiger partial charge on any atom is -0.495 e. The zero-order valence-electron chi connectivity index (χ0n) is 12.3.